The summed E-state index contributed by atoms with van der Waals surface area (Å²) in [4.78, 5) is 9.04. The van der Waals surface area contributed by atoms with Gasteiger partial charge in [0.2, 0.25) is 0 Å². The Labute approximate surface area is 160 Å². The quantitative estimate of drug-likeness (QED) is 0.472. The lowest BCUT2D eigenvalue weighted by molar-refractivity contribution is 0.293. The summed E-state index contributed by atoms with van der Waals surface area (Å²) in [6.45, 7) is 0.223. The summed E-state index contributed by atoms with van der Waals surface area (Å²) in [7, 11) is 0. The van der Waals surface area contributed by atoms with Gasteiger partial charge in [0.05, 0.1) is 5.69 Å². The third-order valence-corrected chi connectivity index (χ3v) is 4.24. The molecule has 2 aromatic heterocycles. The molecule has 0 N–H and O–H groups in total. The lowest BCUT2D eigenvalue weighted by Crippen LogP contribution is -2.05. The number of hydrogen-bond donors (Lipinski definition) is 0. The van der Waals surface area contributed by atoms with Crippen LogP contribution < -0.4 is 4.74 Å². The van der Waals surface area contributed by atoms with Crippen LogP contribution in [0.15, 0.2) is 79.1 Å². The van der Waals surface area contributed by atoms with Crippen LogP contribution >= 0.6 is 11.6 Å². The van der Waals surface area contributed by atoms with E-state index in [2.05, 4.69) is 9.97 Å². The summed E-state index contributed by atoms with van der Waals surface area (Å²) in [5.41, 5.74) is 2.42. The van der Waals surface area contributed by atoms with Crippen LogP contribution in [-0.2, 0) is 6.61 Å². The molecule has 2 heterocycles. The number of aromatic nitrogens is 3. The first-order valence-electron chi connectivity index (χ1n) is 8.33. The van der Waals surface area contributed by atoms with E-state index < -0.39 is 0 Å². The van der Waals surface area contributed by atoms with Gasteiger partial charge in [0.15, 0.2) is 5.82 Å². The second-order valence-corrected chi connectivity index (χ2v) is 6.28. The highest BCUT2D eigenvalue weighted by atomic mass is 35.5. The summed E-state index contributed by atoms with van der Waals surface area (Å²) in [5, 5.41) is 0.660. The number of benzene rings is 2. The Morgan fingerprint density at radius 1 is 0.926 bits per heavy atom. The third kappa shape index (κ3) is 3.99. The molecule has 0 fully saturated rings. The number of pyridine rings is 1. The molecule has 0 radical (unpaired) electrons. The number of rotatable bonds is 5. The van der Waals surface area contributed by atoms with E-state index in [9.17, 15) is 4.39 Å². The maximum Gasteiger partial charge on any atom is 0.152 e. The van der Waals surface area contributed by atoms with E-state index in [0.717, 1.165) is 17.1 Å². The van der Waals surface area contributed by atoms with Crippen molar-refractivity contribution in [3.63, 3.8) is 0 Å². The Balaban J connectivity index is 1.68. The molecule has 4 nitrogen and oxygen atoms in total. The Bertz CT molecular complexity index is 1030. The molecular weight excluding hydrogens is 365 g/mol. The zero-order valence-electron chi connectivity index (χ0n) is 14.2. The summed E-state index contributed by atoms with van der Waals surface area (Å²) < 4.78 is 20.8. The largest absolute Gasteiger partial charge is 0.486 e. The molecule has 2 aromatic carbocycles. The molecule has 0 amide bonds. The van der Waals surface area contributed by atoms with Gasteiger partial charge in [0, 0.05) is 23.1 Å². The van der Waals surface area contributed by atoms with Crippen molar-refractivity contribution in [2.24, 2.45) is 0 Å². The van der Waals surface area contributed by atoms with Crippen LogP contribution in [0.5, 0.6) is 5.75 Å². The van der Waals surface area contributed by atoms with Crippen molar-refractivity contribution in [3.8, 4) is 22.8 Å². The van der Waals surface area contributed by atoms with E-state index in [-0.39, 0.29) is 12.4 Å². The molecule has 0 aliphatic heterocycles. The second-order valence-electron chi connectivity index (χ2n) is 5.85. The molecule has 0 unspecified atom stereocenters. The minimum atomic E-state index is -0.303. The summed E-state index contributed by atoms with van der Waals surface area (Å²) >= 11 is 6.00. The van der Waals surface area contributed by atoms with Crippen LogP contribution in [0.1, 0.15) is 5.82 Å². The van der Waals surface area contributed by atoms with Gasteiger partial charge >= 0.3 is 0 Å². The molecule has 4 rings (SSSR count). The van der Waals surface area contributed by atoms with Gasteiger partial charge in [-0.25, -0.2) is 9.37 Å². The Morgan fingerprint density at radius 3 is 2.41 bits per heavy atom. The van der Waals surface area contributed by atoms with Crippen LogP contribution in [0.4, 0.5) is 4.39 Å². The Hall–Kier alpha value is -3.18. The van der Waals surface area contributed by atoms with Gasteiger partial charge in [-0.05, 0) is 60.7 Å². The fourth-order valence-electron chi connectivity index (χ4n) is 2.66. The minimum absolute atomic E-state index is 0.223. The molecule has 134 valence electrons. The van der Waals surface area contributed by atoms with Gasteiger partial charge in [-0.15, -0.1) is 0 Å². The summed E-state index contributed by atoms with van der Waals surface area (Å²) in [6.07, 6.45) is 3.64. The van der Waals surface area contributed by atoms with Crippen molar-refractivity contribution in [2.45, 2.75) is 6.61 Å². The van der Waals surface area contributed by atoms with Gasteiger partial charge in [-0.3, -0.25) is 4.98 Å². The molecule has 0 atom stereocenters. The predicted octanol–water partition coefficient (Wildman–Crippen LogP) is 5.31. The average Bonchev–Trinajstić information content (AvgIpc) is 3.13. The lowest BCUT2D eigenvalue weighted by atomic mass is 10.3. The average molecular weight is 380 g/mol. The van der Waals surface area contributed by atoms with E-state index in [1.54, 1.807) is 18.3 Å². The third-order valence-electron chi connectivity index (χ3n) is 3.99. The van der Waals surface area contributed by atoms with Crippen LogP contribution in [-0.4, -0.2) is 14.5 Å². The van der Waals surface area contributed by atoms with E-state index >= 15 is 0 Å². The fraction of sp³-hybridized carbons (Fsp3) is 0.0476. The van der Waals surface area contributed by atoms with Gasteiger partial charge in [0.25, 0.3) is 0 Å². The van der Waals surface area contributed by atoms with Gasteiger partial charge in [-0.2, -0.15) is 0 Å². The molecule has 0 saturated carbocycles. The molecule has 0 aliphatic rings. The normalized spacial score (nSPS) is 10.7. The molecular formula is C21H15ClFN3O. The minimum Gasteiger partial charge on any atom is -0.486 e. The van der Waals surface area contributed by atoms with E-state index in [1.165, 1.54) is 12.1 Å². The van der Waals surface area contributed by atoms with E-state index in [0.29, 0.717) is 16.6 Å². The number of imidazole rings is 1. The first kappa shape index (κ1) is 17.2. The zero-order chi connectivity index (χ0) is 18.6. The van der Waals surface area contributed by atoms with Crippen molar-refractivity contribution >= 4 is 11.6 Å². The SMILES string of the molecule is Fc1ccc(OCc2nc(-c3ccccn3)cn2-c2ccc(Cl)cc2)cc1. The van der Waals surface area contributed by atoms with E-state index in [4.69, 9.17) is 16.3 Å². The van der Waals surface area contributed by atoms with Crippen molar-refractivity contribution in [3.05, 3.63) is 95.8 Å². The van der Waals surface area contributed by atoms with Crippen LogP contribution in [0.3, 0.4) is 0 Å². The standard InChI is InChI=1S/C21H15ClFN3O/c22-15-4-8-17(9-5-15)26-13-20(19-3-1-2-12-24-19)25-21(26)14-27-18-10-6-16(23)7-11-18/h1-13H,14H2. The highest BCUT2D eigenvalue weighted by Gasteiger charge is 2.13. The summed E-state index contributed by atoms with van der Waals surface area (Å²) in [6, 6.07) is 19.0. The first-order valence-corrected chi connectivity index (χ1v) is 8.71. The molecule has 6 heteroatoms. The summed E-state index contributed by atoms with van der Waals surface area (Å²) in [5.74, 6) is 0.964. The van der Waals surface area contributed by atoms with Crippen LogP contribution in [0, 0.1) is 5.82 Å². The number of hydrogen-bond acceptors (Lipinski definition) is 3. The number of halogens is 2. The van der Waals surface area contributed by atoms with Crippen molar-refractivity contribution in [2.75, 3.05) is 0 Å². The molecule has 0 spiro atoms. The smallest absolute Gasteiger partial charge is 0.152 e. The first-order chi connectivity index (χ1) is 13.2. The van der Waals surface area contributed by atoms with Crippen molar-refractivity contribution in [1.29, 1.82) is 0 Å². The zero-order valence-corrected chi connectivity index (χ0v) is 15.0. The maximum absolute atomic E-state index is 13.1. The highest BCUT2D eigenvalue weighted by Crippen LogP contribution is 2.22. The molecule has 4 aromatic rings. The highest BCUT2D eigenvalue weighted by molar-refractivity contribution is 6.30. The van der Waals surface area contributed by atoms with E-state index in [1.807, 2.05) is 53.2 Å². The van der Waals surface area contributed by atoms with Crippen molar-refractivity contribution < 1.29 is 9.13 Å². The Kier molecular flexibility index (Phi) is 4.85. The number of nitrogens with zero attached hydrogens (tertiary/aromatic N) is 3. The number of ether oxygens (including phenoxy) is 1. The topological polar surface area (TPSA) is 39.9 Å². The van der Waals surface area contributed by atoms with Gasteiger partial charge in [-0.1, -0.05) is 17.7 Å². The maximum atomic E-state index is 13.1. The molecule has 0 aliphatic carbocycles. The van der Waals surface area contributed by atoms with Crippen LogP contribution in [0.25, 0.3) is 17.1 Å². The molecule has 0 saturated heterocycles. The Morgan fingerprint density at radius 2 is 1.70 bits per heavy atom. The van der Waals surface area contributed by atoms with Crippen LogP contribution in [0.2, 0.25) is 5.02 Å². The lowest BCUT2D eigenvalue weighted by Gasteiger charge is -2.09. The van der Waals surface area contributed by atoms with Gasteiger partial charge in [0.1, 0.15) is 23.9 Å². The monoisotopic (exact) mass is 379 g/mol. The van der Waals surface area contributed by atoms with Crippen molar-refractivity contribution in [1.82, 2.24) is 14.5 Å². The second kappa shape index (κ2) is 7.60. The fourth-order valence-corrected chi connectivity index (χ4v) is 2.79. The molecule has 27 heavy (non-hydrogen) atoms. The predicted molar refractivity (Wildman–Crippen MR) is 103 cm³/mol. The molecule has 0 bridgehead atoms. The van der Waals surface area contributed by atoms with Gasteiger partial charge < -0.3 is 9.30 Å².